The quantitative estimate of drug-likeness (QED) is 0.731. The first kappa shape index (κ1) is 15.1. The molecule has 1 aliphatic carbocycles. The van der Waals surface area contributed by atoms with E-state index in [0.717, 1.165) is 19.4 Å². The zero-order chi connectivity index (χ0) is 15.0. The average molecular weight is 283 g/mol. The fourth-order valence-corrected chi connectivity index (χ4v) is 3.25. The topological polar surface area (TPSA) is 55.8 Å². The highest BCUT2D eigenvalue weighted by Crippen LogP contribution is 2.49. The highest BCUT2D eigenvalue weighted by molar-refractivity contribution is 5.76. The second kappa shape index (κ2) is 5.26. The summed E-state index contributed by atoms with van der Waals surface area (Å²) in [5.41, 5.74) is -0.648. The van der Waals surface area contributed by atoms with Crippen LogP contribution >= 0.6 is 0 Å². The normalized spacial score (nSPS) is 29.2. The number of hydrogen-bond acceptors (Lipinski definition) is 4. The van der Waals surface area contributed by atoms with Crippen LogP contribution in [-0.4, -0.2) is 41.3 Å². The summed E-state index contributed by atoms with van der Waals surface area (Å²) in [6, 6.07) is 0. The van der Waals surface area contributed by atoms with Gasteiger partial charge in [0.25, 0.3) is 0 Å². The molecule has 0 atom stereocenters. The first-order valence-corrected chi connectivity index (χ1v) is 7.45. The van der Waals surface area contributed by atoms with Crippen LogP contribution < -0.4 is 0 Å². The maximum atomic E-state index is 12.3. The molecular formula is C15H25NO4. The monoisotopic (exact) mass is 283 g/mol. The number of hydrogen-bond donors (Lipinski definition) is 0. The summed E-state index contributed by atoms with van der Waals surface area (Å²) in [6.45, 7) is 8.57. The van der Waals surface area contributed by atoms with Gasteiger partial charge in [-0.15, -0.1) is 0 Å². The molecule has 0 unspecified atom stereocenters. The van der Waals surface area contributed by atoms with Crippen molar-refractivity contribution in [2.75, 3.05) is 13.2 Å². The molecule has 2 aliphatic rings. The zero-order valence-electron chi connectivity index (χ0n) is 12.9. The first-order valence-electron chi connectivity index (χ1n) is 7.45. The Kier molecular flexibility index (Phi) is 3.98. The van der Waals surface area contributed by atoms with Gasteiger partial charge in [-0.3, -0.25) is 4.79 Å². The molecule has 114 valence electrons. The predicted octanol–water partition coefficient (Wildman–Crippen LogP) is 2.73. The predicted molar refractivity (Wildman–Crippen MR) is 74.3 cm³/mol. The van der Waals surface area contributed by atoms with Gasteiger partial charge in [-0.05, 0) is 53.4 Å². The van der Waals surface area contributed by atoms with E-state index in [0.29, 0.717) is 19.4 Å². The molecule has 1 saturated heterocycles. The van der Waals surface area contributed by atoms with Crippen LogP contribution in [-0.2, 0) is 14.3 Å². The van der Waals surface area contributed by atoms with Gasteiger partial charge in [0.2, 0.25) is 0 Å². The lowest BCUT2D eigenvalue weighted by Gasteiger charge is -2.49. The lowest BCUT2D eigenvalue weighted by Crippen LogP contribution is -2.58. The molecule has 1 spiro atoms. The Morgan fingerprint density at radius 2 is 1.95 bits per heavy atom. The molecule has 1 aliphatic heterocycles. The third-order valence-electron chi connectivity index (χ3n) is 4.08. The average Bonchev–Trinajstić information content (AvgIpc) is 2.68. The van der Waals surface area contributed by atoms with E-state index in [1.165, 1.54) is 0 Å². The van der Waals surface area contributed by atoms with Gasteiger partial charge in [-0.1, -0.05) is 0 Å². The minimum absolute atomic E-state index is 0.0574. The highest BCUT2D eigenvalue weighted by Gasteiger charge is 2.56. The van der Waals surface area contributed by atoms with Gasteiger partial charge < -0.3 is 14.4 Å². The van der Waals surface area contributed by atoms with Crippen molar-refractivity contribution in [3.63, 3.8) is 0 Å². The molecular weight excluding hydrogens is 258 g/mol. The summed E-state index contributed by atoms with van der Waals surface area (Å²) in [5, 5.41) is 0. The number of likely N-dealkylation sites (tertiary alicyclic amines) is 1. The SMILES string of the molecule is CCOC(=O)C1CC2(CCCN2C(=O)OC(C)(C)C)C1. The Labute approximate surface area is 120 Å². The van der Waals surface area contributed by atoms with E-state index < -0.39 is 5.60 Å². The standard InChI is InChI=1S/C15H25NO4/c1-5-19-12(17)11-9-15(10-11)7-6-8-16(15)13(18)20-14(2,3)4/h11H,5-10H2,1-4H3. The Balaban J connectivity index is 1.96. The van der Waals surface area contributed by atoms with Gasteiger partial charge in [0.1, 0.15) is 5.60 Å². The molecule has 0 aromatic heterocycles. The van der Waals surface area contributed by atoms with Crippen molar-refractivity contribution in [1.29, 1.82) is 0 Å². The molecule has 5 nitrogen and oxygen atoms in total. The lowest BCUT2D eigenvalue weighted by molar-refractivity contribution is -0.156. The number of amides is 1. The van der Waals surface area contributed by atoms with Gasteiger partial charge in [0, 0.05) is 12.1 Å². The summed E-state index contributed by atoms with van der Waals surface area (Å²) in [4.78, 5) is 25.8. The molecule has 0 radical (unpaired) electrons. The van der Waals surface area contributed by atoms with Crippen LogP contribution in [0, 0.1) is 5.92 Å². The van der Waals surface area contributed by atoms with Gasteiger partial charge in [0.05, 0.1) is 12.5 Å². The summed E-state index contributed by atoms with van der Waals surface area (Å²) in [5.74, 6) is -0.188. The highest BCUT2D eigenvalue weighted by atomic mass is 16.6. The van der Waals surface area contributed by atoms with Crippen LogP contribution in [0.2, 0.25) is 0 Å². The molecule has 2 fully saturated rings. The van der Waals surface area contributed by atoms with Crippen LogP contribution in [0.3, 0.4) is 0 Å². The molecule has 0 aromatic carbocycles. The van der Waals surface area contributed by atoms with E-state index in [2.05, 4.69) is 0 Å². The van der Waals surface area contributed by atoms with Crippen molar-refractivity contribution in [2.24, 2.45) is 5.92 Å². The lowest BCUT2D eigenvalue weighted by atomic mass is 9.67. The van der Waals surface area contributed by atoms with Crippen molar-refractivity contribution in [3.8, 4) is 0 Å². The van der Waals surface area contributed by atoms with Crippen molar-refractivity contribution < 1.29 is 19.1 Å². The Hall–Kier alpha value is -1.26. The number of nitrogens with zero attached hydrogens (tertiary/aromatic N) is 1. The molecule has 0 aromatic rings. The van der Waals surface area contributed by atoms with E-state index in [9.17, 15) is 9.59 Å². The minimum Gasteiger partial charge on any atom is -0.466 e. The molecule has 1 heterocycles. The molecule has 5 heteroatoms. The molecule has 1 amide bonds. The van der Waals surface area contributed by atoms with Crippen LogP contribution in [0.15, 0.2) is 0 Å². The molecule has 2 rings (SSSR count). The minimum atomic E-state index is -0.481. The van der Waals surface area contributed by atoms with Crippen molar-refractivity contribution in [2.45, 2.75) is 64.5 Å². The van der Waals surface area contributed by atoms with Crippen LogP contribution in [0.25, 0.3) is 0 Å². The maximum absolute atomic E-state index is 12.3. The number of carbonyl (C=O) groups is 2. The number of ether oxygens (including phenoxy) is 2. The summed E-state index contributed by atoms with van der Waals surface area (Å²) < 4.78 is 10.5. The Morgan fingerprint density at radius 3 is 2.50 bits per heavy atom. The smallest absolute Gasteiger partial charge is 0.410 e. The van der Waals surface area contributed by atoms with E-state index in [4.69, 9.17) is 9.47 Å². The van der Waals surface area contributed by atoms with E-state index in [1.54, 1.807) is 0 Å². The van der Waals surface area contributed by atoms with Crippen molar-refractivity contribution in [3.05, 3.63) is 0 Å². The third-order valence-corrected chi connectivity index (χ3v) is 4.08. The fourth-order valence-electron chi connectivity index (χ4n) is 3.25. The second-order valence-corrected chi connectivity index (χ2v) is 6.82. The summed E-state index contributed by atoms with van der Waals surface area (Å²) in [6.07, 6.45) is 3.12. The van der Waals surface area contributed by atoms with Crippen LogP contribution in [0.1, 0.15) is 53.4 Å². The van der Waals surface area contributed by atoms with E-state index in [1.807, 2.05) is 32.6 Å². The Bertz CT molecular complexity index is 393. The first-order chi connectivity index (χ1) is 9.27. The fraction of sp³-hybridized carbons (Fsp3) is 0.867. The molecule has 0 bridgehead atoms. The largest absolute Gasteiger partial charge is 0.466 e. The number of rotatable bonds is 2. The molecule has 1 saturated carbocycles. The van der Waals surface area contributed by atoms with Crippen molar-refractivity contribution >= 4 is 12.1 Å². The maximum Gasteiger partial charge on any atom is 0.410 e. The van der Waals surface area contributed by atoms with Gasteiger partial charge in [-0.25, -0.2) is 4.79 Å². The van der Waals surface area contributed by atoms with E-state index in [-0.39, 0.29) is 23.5 Å². The second-order valence-electron chi connectivity index (χ2n) is 6.82. The van der Waals surface area contributed by atoms with Gasteiger partial charge >= 0.3 is 12.1 Å². The summed E-state index contributed by atoms with van der Waals surface area (Å²) >= 11 is 0. The van der Waals surface area contributed by atoms with Gasteiger partial charge in [0.15, 0.2) is 0 Å². The molecule has 0 N–H and O–H groups in total. The zero-order valence-corrected chi connectivity index (χ0v) is 12.9. The third kappa shape index (κ3) is 2.91. The van der Waals surface area contributed by atoms with Crippen molar-refractivity contribution in [1.82, 2.24) is 4.90 Å². The Morgan fingerprint density at radius 1 is 1.30 bits per heavy atom. The van der Waals surface area contributed by atoms with Gasteiger partial charge in [-0.2, -0.15) is 0 Å². The number of esters is 1. The van der Waals surface area contributed by atoms with E-state index >= 15 is 0 Å². The summed E-state index contributed by atoms with van der Waals surface area (Å²) in [7, 11) is 0. The number of carbonyl (C=O) groups excluding carboxylic acids is 2. The molecule has 20 heavy (non-hydrogen) atoms. The van der Waals surface area contributed by atoms with Crippen LogP contribution in [0.4, 0.5) is 4.79 Å². The van der Waals surface area contributed by atoms with Crippen LogP contribution in [0.5, 0.6) is 0 Å².